The van der Waals surface area contributed by atoms with Gasteiger partial charge in [-0.05, 0) is 61.0 Å². The molecule has 0 radical (unpaired) electrons. The molecule has 3 heterocycles. The van der Waals surface area contributed by atoms with E-state index in [4.69, 9.17) is 4.98 Å². The van der Waals surface area contributed by atoms with E-state index < -0.39 is 11.9 Å². The molecule has 4 aromatic rings. The summed E-state index contributed by atoms with van der Waals surface area (Å²) in [5, 5.41) is 17.0. The third-order valence-corrected chi connectivity index (χ3v) is 7.80. The number of hydrogen-bond donors (Lipinski definition) is 3. The number of carbonyl (C=O) groups is 4. The van der Waals surface area contributed by atoms with Crippen molar-refractivity contribution in [2.45, 2.75) is 39.7 Å². The summed E-state index contributed by atoms with van der Waals surface area (Å²) < 4.78 is 1.52. The predicted octanol–water partition coefficient (Wildman–Crippen LogP) is 2.58. The Morgan fingerprint density at radius 3 is 2.50 bits per heavy atom. The molecule has 3 N–H and O–H groups in total. The van der Waals surface area contributed by atoms with Crippen LogP contribution in [0, 0.1) is 13.8 Å². The first-order valence-electron chi connectivity index (χ1n) is 14.9. The average molecular weight is 625 g/mol. The Hall–Kier alpha value is -5.66. The molecule has 14 heteroatoms. The lowest BCUT2D eigenvalue weighted by Gasteiger charge is -2.24. The smallest absolute Gasteiger partial charge is 0.244 e. The normalized spacial score (nSPS) is 14.2. The summed E-state index contributed by atoms with van der Waals surface area (Å²) in [6.45, 7) is 7.33. The van der Waals surface area contributed by atoms with E-state index in [2.05, 4.69) is 31.1 Å². The monoisotopic (exact) mass is 624 g/mol. The molecule has 1 saturated heterocycles. The van der Waals surface area contributed by atoms with Crippen molar-refractivity contribution in [3.8, 4) is 16.9 Å². The van der Waals surface area contributed by atoms with E-state index >= 15 is 0 Å². The number of nitrogens with one attached hydrogen (secondary N) is 3. The van der Waals surface area contributed by atoms with E-state index in [9.17, 15) is 19.2 Å². The molecule has 46 heavy (non-hydrogen) atoms. The zero-order chi connectivity index (χ0) is 32.6. The highest BCUT2D eigenvalue weighted by atomic mass is 16.2. The molecule has 0 spiro atoms. The average Bonchev–Trinajstić information content (AvgIpc) is 3.63. The summed E-state index contributed by atoms with van der Waals surface area (Å²) in [6.07, 6.45) is 5.81. The van der Waals surface area contributed by atoms with Crippen molar-refractivity contribution >= 4 is 35.9 Å². The van der Waals surface area contributed by atoms with Crippen LogP contribution in [0.4, 0.5) is 5.69 Å². The SMILES string of the molecule is CC(=O)N1CCCN(C(=O)C[C@H](NC(=O)/C=C/c2cc(C)ccc2-n2cnnn2)c2nc(-c3ccc(NC=O)cc3)c(C)[nH]2)CC1. The van der Waals surface area contributed by atoms with Gasteiger partial charge in [-0.1, -0.05) is 23.8 Å². The van der Waals surface area contributed by atoms with Crippen LogP contribution in [0.25, 0.3) is 23.0 Å². The number of hydrogen-bond acceptors (Lipinski definition) is 8. The second-order valence-electron chi connectivity index (χ2n) is 11.1. The molecule has 2 aromatic heterocycles. The molecule has 1 aliphatic rings. The van der Waals surface area contributed by atoms with Gasteiger partial charge in [0.1, 0.15) is 12.2 Å². The third-order valence-electron chi connectivity index (χ3n) is 7.80. The summed E-state index contributed by atoms with van der Waals surface area (Å²) in [5.74, 6) is -0.154. The summed E-state index contributed by atoms with van der Waals surface area (Å²) >= 11 is 0. The van der Waals surface area contributed by atoms with Gasteiger partial charge in [-0.3, -0.25) is 19.2 Å². The van der Waals surface area contributed by atoms with Gasteiger partial charge < -0.3 is 25.4 Å². The molecule has 0 aliphatic carbocycles. The number of H-pyrrole nitrogens is 1. The quantitative estimate of drug-likeness (QED) is 0.179. The van der Waals surface area contributed by atoms with E-state index in [1.165, 1.54) is 24.0 Å². The Kier molecular flexibility index (Phi) is 9.95. The lowest BCUT2D eigenvalue weighted by atomic mass is 10.1. The molecule has 14 nitrogen and oxygen atoms in total. The van der Waals surface area contributed by atoms with Gasteiger partial charge in [-0.2, -0.15) is 4.68 Å². The molecule has 0 unspecified atom stereocenters. The second-order valence-corrected chi connectivity index (χ2v) is 11.1. The van der Waals surface area contributed by atoms with Crippen molar-refractivity contribution in [2.75, 3.05) is 31.5 Å². The van der Waals surface area contributed by atoms with Gasteiger partial charge in [0.15, 0.2) is 0 Å². The first-order chi connectivity index (χ1) is 22.2. The highest BCUT2D eigenvalue weighted by Gasteiger charge is 2.27. The Labute approximate surface area is 265 Å². The minimum Gasteiger partial charge on any atom is -0.344 e. The van der Waals surface area contributed by atoms with E-state index in [1.807, 2.05) is 44.2 Å². The Morgan fingerprint density at radius 2 is 1.78 bits per heavy atom. The molecule has 2 aromatic carbocycles. The van der Waals surface area contributed by atoms with E-state index in [0.29, 0.717) is 61.9 Å². The summed E-state index contributed by atoms with van der Waals surface area (Å²) in [7, 11) is 0. The largest absolute Gasteiger partial charge is 0.344 e. The van der Waals surface area contributed by atoms with Crippen molar-refractivity contribution in [2.24, 2.45) is 0 Å². The summed E-state index contributed by atoms with van der Waals surface area (Å²) in [5.41, 5.74) is 5.30. The summed E-state index contributed by atoms with van der Waals surface area (Å²) in [4.78, 5) is 61.2. The molecular weight excluding hydrogens is 588 g/mol. The topological polar surface area (TPSA) is 171 Å². The summed E-state index contributed by atoms with van der Waals surface area (Å²) in [6, 6.07) is 12.2. The maximum Gasteiger partial charge on any atom is 0.244 e. The van der Waals surface area contributed by atoms with Gasteiger partial charge in [0.2, 0.25) is 24.1 Å². The molecular formula is C32H36N10O4. The standard InChI is InChI=1S/C32H36N10O4/c1-21-5-11-28(42-19-34-38-39-42)25(17-21)8-12-29(45)36-27(18-30(46)41-14-4-13-40(15-16-41)23(3)44)32-35-22(2)31(37-32)24-6-9-26(10-7-24)33-20-43/h5-12,17,19-20,27H,4,13-16,18H2,1-3H3,(H,33,43)(H,35,37)(H,36,45)/b12-8+/t27-/m0/s1. The van der Waals surface area contributed by atoms with Crippen LogP contribution in [0.3, 0.4) is 0 Å². The van der Waals surface area contributed by atoms with Crippen molar-refractivity contribution in [1.82, 2.24) is 45.3 Å². The van der Waals surface area contributed by atoms with Gasteiger partial charge in [0.25, 0.3) is 0 Å². The lowest BCUT2D eigenvalue weighted by molar-refractivity contribution is -0.133. The zero-order valence-electron chi connectivity index (χ0n) is 25.9. The van der Waals surface area contributed by atoms with Crippen LogP contribution in [0.2, 0.25) is 0 Å². The Balaban J connectivity index is 1.39. The minimum atomic E-state index is -0.767. The Morgan fingerprint density at radius 1 is 1.02 bits per heavy atom. The van der Waals surface area contributed by atoms with Gasteiger partial charge in [0.05, 0.1) is 23.8 Å². The first kappa shape index (κ1) is 31.8. The van der Waals surface area contributed by atoms with Gasteiger partial charge in [0, 0.05) is 61.7 Å². The predicted molar refractivity (Wildman–Crippen MR) is 170 cm³/mol. The number of aromatic nitrogens is 6. The van der Waals surface area contributed by atoms with Gasteiger partial charge >= 0.3 is 0 Å². The Bertz CT molecular complexity index is 1730. The highest BCUT2D eigenvalue weighted by molar-refractivity contribution is 5.93. The number of carbonyl (C=O) groups excluding carboxylic acids is 4. The third kappa shape index (κ3) is 7.70. The zero-order valence-corrected chi connectivity index (χ0v) is 25.9. The van der Waals surface area contributed by atoms with Crippen LogP contribution >= 0.6 is 0 Å². The minimum absolute atomic E-state index is 0.0170. The number of aryl methyl sites for hydroxylation is 2. The van der Waals surface area contributed by atoms with Crippen LogP contribution in [0.5, 0.6) is 0 Å². The van der Waals surface area contributed by atoms with Crippen LogP contribution in [0.1, 0.15) is 48.5 Å². The number of benzene rings is 2. The lowest BCUT2D eigenvalue weighted by Crippen LogP contribution is -2.39. The molecule has 1 aliphatic heterocycles. The number of anilines is 1. The fraction of sp³-hybridized carbons (Fsp3) is 0.312. The fourth-order valence-electron chi connectivity index (χ4n) is 5.40. The number of aromatic amines is 1. The number of imidazole rings is 1. The van der Waals surface area contributed by atoms with Crippen molar-refractivity contribution in [1.29, 1.82) is 0 Å². The molecule has 0 saturated carbocycles. The number of nitrogens with zero attached hydrogens (tertiary/aromatic N) is 7. The van der Waals surface area contributed by atoms with Crippen molar-refractivity contribution in [3.63, 3.8) is 0 Å². The number of rotatable bonds is 10. The molecule has 5 rings (SSSR count). The maximum atomic E-state index is 13.6. The van der Waals surface area contributed by atoms with Crippen LogP contribution < -0.4 is 10.6 Å². The fourth-order valence-corrected chi connectivity index (χ4v) is 5.40. The maximum absolute atomic E-state index is 13.6. The number of tetrazole rings is 1. The van der Waals surface area contributed by atoms with Crippen LogP contribution in [-0.4, -0.2) is 90.3 Å². The molecule has 0 bridgehead atoms. The van der Waals surface area contributed by atoms with Crippen LogP contribution in [0.15, 0.2) is 54.9 Å². The van der Waals surface area contributed by atoms with E-state index in [0.717, 1.165) is 22.4 Å². The van der Waals surface area contributed by atoms with Crippen molar-refractivity contribution < 1.29 is 19.2 Å². The first-order valence-corrected chi connectivity index (χ1v) is 14.9. The molecule has 4 amide bonds. The molecule has 238 valence electrons. The van der Waals surface area contributed by atoms with E-state index in [1.54, 1.807) is 28.0 Å². The van der Waals surface area contributed by atoms with Crippen LogP contribution in [-0.2, 0) is 19.2 Å². The molecule has 1 fully saturated rings. The second kappa shape index (κ2) is 14.4. The number of amides is 4. The van der Waals surface area contributed by atoms with Crippen molar-refractivity contribution in [3.05, 3.63) is 77.5 Å². The van der Waals surface area contributed by atoms with Gasteiger partial charge in [-0.25, -0.2) is 4.98 Å². The van der Waals surface area contributed by atoms with Gasteiger partial charge in [-0.15, -0.1) is 5.10 Å². The molecule has 1 atom stereocenters. The highest BCUT2D eigenvalue weighted by Crippen LogP contribution is 2.26. The van der Waals surface area contributed by atoms with E-state index in [-0.39, 0.29) is 18.2 Å².